The summed E-state index contributed by atoms with van der Waals surface area (Å²) in [6.45, 7) is 4.06. The maximum atomic E-state index is 11.3. The van der Waals surface area contributed by atoms with Crippen LogP contribution in [0.4, 0.5) is 5.69 Å². The summed E-state index contributed by atoms with van der Waals surface area (Å²) in [5.74, 6) is 0.150. The molecule has 27 heavy (non-hydrogen) atoms. The Bertz CT molecular complexity index is 904. The van der Waals surface area contributed by atoms with Crippen LogP contribution in [0.1, 0.15) is 37.0 Å². The molecule has 0 saturated heterocycles. The first-order valence-electron chi connectivity index (χ1n) is 8.86. The molecule has 140 valence electrons. The van der Waals surface area contributed by atoms with Crippen molar-refractivity contribution >= 4 is 17.3 Å². The van der Waals surface area contributed by atoms with E-state index in [0.717, 1.165) is 11.3 Å². The molecule has 2 aromatic carbocycles. The smallest absolute Gasteiger partial charge is 0.240 e. The molecule has 1 heterocycles. The minimum absolute atomic E-state index is 0.0662. The largest absolute Gasteiger partial charge is 0.508 e. The fourth-order valence-electron chi connectivity index (χ4n) is 3.04. The van der Waals surface area contributed by atoms with Gasteiger partial charge in [0.1, 0.15) is 11.5 Å². The van der Waals surface area contributed by atoms with E-state index in [1.54, 1.807) is 12.1 Å². The number of hydrazone groups is 1. The van der Waals surface area contributed by atoms with Gasteiger partial charge in [0.05, 0.1) is 17.9 Å². The first-order valence-corrected chi connectivity index (χ1v) is 8.86. The Morgan fingerprint density at radius 2 is 1.93 bits per heavy atom. The van der Waals surface area contributed by atoms with E-state index in [4.69, 9.17) is 0 Å². The summed E-state index contributed by atoms with van der Waals surface area (Å²) >= 11 is 0. The molecule has 3 rings (SSSR count). The van der Waals surface area contributed by atoms with Crippen molar-refractivity contribution in [3.8, 4) is 11.5 Å². The number of benzene rings is 2. The van der Waals surface area contributed by atoms with Gasteiger partial charge in [-0.05, 0) is 36.2 Å². The Kier molecular flexibility index (Phi) is 5.49. The molecule has 1 amide bonds. The molecule has 1 atom stereocenters. The lowest BCUT2D eigenvalue weighted by Gasteiger charge is -2.19. The molecule has 2 aromatic rings. The normalized spacial score (nSPS) is 17.0. The predicted octanol–water partition coefficient (Wildman–Crippen LogP) is 3.80. The van der Waals surface area contributed by atoms with Crippen LogP contribution in [0.15, 0.2) is 51.7 Å². The highest BCUT2D eigenvalue weighted by molar-refractivity contribution is 6.05. The van der Waals surface area contributed by atoms with Gasteiger partial charge in [-0.2, -0.15) is 15.3 Å². The minimum atomic E-state index is -0.0691. The zero-order valence-corrected chi connectivity index (χ0v) is 15.3. The Labute approximate surface area is 157 Å². The van der Waals surface area contributed by atoms with Gasteiger partial charge in [0.2, 0.25) is 5.91 Å². The summed E-state index contributed by atoms with van der Waals surface area (Å²) in [7, 11) is 0. The second kappa shape index (κ2) is 7.99. The number of phenolic OH excluding ortho intramolecular Hbond substituents is 2. The number of azo groups is 1. The minimum Gasteiger partial charge on any atom is -0.508 e. The third-order valence-electron chi connectivity index (χ3n) is 4.54. The summed E-state index contributed by atoms with van der Waals surface area (Å²) in [6.07, 6.45) is 0.961. The summed E-state index contributed by atoms with van der Waals surface area (Å²) < 4.78 is 0. The molecule has 7 nitrogen and oxygen atoms in total. The third kappa shape index (κ3) is 4.13. The molecule has 3 N–H and O–H groups in total. The van der Waals surface area contributed by atoms with Gasteiger partial charge < -0.3 is 10.2 Å². The van der Waals surface area contributed by atoms with Crippen LogP contribution >= 0.6 is 0 Å². The molecule has 0 aliphatic carbocycles. The van der Waals surface area contributed by atoms with Crippen molar-refractivity contribution in [3.63, 3.8) is 0 Å². The van der Waals surface area contributed by atoms with Crippen LogP contribution in [0.5, 0.6) is 11.5 Å². The Balaban J connectivity index is 1.69. The summed E-state index contributed by atoms with van der Waals surface area (Å²) in [5.41, 5.74) is 6.11. The molecule has 0 bridgehead atoms. The fourth-order valence-corrected chi connectivity index (χ4v) is 3.04. The molecule has 0 saturated carbocycles. The first-order chi connectivity index (χ1) is 13.0. The number of carbonyl (C=O) groups is 1. The highest BCUT2D eigenvalue weighted by Gasteiger charge is 2.21. The van der Waals surface area contributed by atoms with Crippen molar-refractivity contribution in [3.05, 3.63) is 53.1 Å². The van der Waals surface area contributed by atoms with Crippen LogP contribution in [-0.4, -0.2) is 21.8 Å². The molecule has 1 unspecified atom stereocenters. The molecule has 0 radical (unpaired) electrons. The number of phenols is 2. The van der Waals surface area contributed by atoms with Gasteiger partial charge >= 0.3 is 0 Å². The number of nitrogens with one attached hydrogen (secondary N) is 1. The lowest BCUT2D eigenvalue weighted by molar-refractivity contribution is -0.121. The van der Waals surface area contributed by atoms with Gasteiger partial charge in [-0.3, -0.25) is 4.79 Å². The van der Waals surface area contributed by atoms with Gasteiger partial charge in [0, 0.05) is 23.5 Å². The van der Waals surface area contributed by atoms with Gasteiger partial charge in [0.25, 0.3) is 0 Å². The molecule has 0 fully saturated rings. The monoisotopic (exact) mass is 366 g/mol. The number of hydrogen-bond acceptors (Lipinski definition) is 6. The van der Waals surface area contributed by atoms with Gasteiger partial charge in [-0.25, -0.2) is 5.43 Å². The molecule has 0 aromatic heterocycles. The van der Waals surface area contributed by atoms with Crippen molar-refractivity contribution in [2.75, 3.05) is 0 Å². The lowest BCUT2D eigenvalue weighted by atomic mass is 9.94. The van der Waals surface area contributed by atoms with Crippen LogP contribution < -0.4 is 5.43 Å². The molecule has 0 spiro atoms. The predicted molar refractivity (Wildman–Crippen MR) is 102 cm³/mol. The molecule has 7 heteroatoms. The SMILES string of the molecule is CCc1c(O)ccc(CN=Nc2ccc(C3=NNC(=O)CC3C)cc2)c1O. The van der Waals surface area contributed by atoms with E-state index < -0.39 is 0 Å². The van der Waals surface area contributed by atoms with E-state index in [2.05, 4.69) is 20.8 Å². The molecular formula is C20H22N4O3. The Morgan fingerprint density at radius 1 is 1.19 bits per heavy atom. The maximum absolute atomic E-state index is 11.3. The van der Waals surface area contributed by atoms with Gasteiger partial charge in [-0.1, -0.05) is 26.0 Å². The van der Waals surface area contributed by atoms with Crippen molar-refractivity contribution in [2.45, 2.75) is 33.2 Å². The van der Waals surface area contributed by atoms with Crippen LogP contribution in [0.2, 0.25) is 0 Å². The summed E-state index contributed by atoms with van der Waals surface area (Å²) in [5, 5.41) is 32.4. The van der Waals surface area contributed by atoms with Crippen molar-refractivity contribution in [1.82, 2.24) is 5.43 Å². The standard InChI is InChI=1S/C20H22N4O3/c1-3-16-17(25)9-6-14(20(16)27)11-21-22-15-7-4-13(5-8-15)19-12(2)10-18(26)23-24-19/h4-9,12,25,27H,3,10-11H2,1-2H3,(H,23,26). The van der Waals surface area contributed by atoms with Crippen LogP contribution in [0, 0.1) is 5.92 Å². The zero-order chi connectivity index (χ0) is 19.4. The van der Waals surface area contributed by atoms with Crippen LogP contribution in [0.3, 0.4) is 0 Å². The lowest BCUT2D eigenvalue weighted by Crippen LogP contribution is -2.31. The van der Waals surface area contributed by atoms with Crippen molar-refractivity contribution in [1.29, 1.82) is 0 Å². The highest BCUT2D eigenvalue weighted by atomic mass is 16.3. The quantitative estimate of drug-likeness (QED) is 0.701. The van der Waals surface area contributed by atoms with E-state index in [9.17, 15) is 15.0 Å². The zero-order valence-electron chi connectivity index (χ0n) is 15.3. The van der Waals surface area contributed by atoms with E-state index in [1.165, 1.54) is 0 Å². The first kappa shape index (κ1) is 18.6. The van der Waals surface area contributed by atoms with Gasteiger partial charge in [0.15, 0.2) is 0 Å². The third-order valence-corrected chi connectivity index (χ3v) is 4.54. The van der Waals surface area contributed by atoms with E-state index in [1.807, 2.05) is 38.1 Å². The van der Waals surface area contributed by atoms with Crippen LogP contribution in [-0.2, 0) is 17.8 Å². The average Bonchev–Trinajstić information content (AvgIpc) is 2.65. The van der Waals surface area contributed by atoms with E-state index in [-0.39, 0.29) is 29.9 Å². The van der Waals surface area contributed by atoms with Crippen molar-refractivity contribution in [2.24, 2.45) is 21.2 Å². The second-order valence-electron chi connectivity index (χ2n) is 6.51. The Morgan fingerprint density at radius 3 is 2.59 bits per heavy atom. The number of rotatable bonds is 5. The fraction of sp³-hybridized carbons (Fsp3) is 0.300. The number of amides is 1. The topological polar surface area (TPSA) is 107 Å². The molecular weight excluding hydrogens is 344 g/mol. The summed E-state index contributed by atoms with van der Waals surface area (Å²) in [4.78, 5) is 11.3. The second-order valence-corrected chi connectivity index (χ2v) is 6.51. The highest BCUT2D eigenvalue weighted by Crippen LogP contribution is 2.31. The Hall–Kier alpha value is -3.22. The molecule has 1 aliphatic heterocycles. The molecule has 1 aliphatic rings. The van der Waals surface area contributed by atoms with E-state index >= 15 is 0 Å². The van der Waals surface area contributed by atoms with Crippen molar-refractivity contribution < 1.29 is 15.0 Å². The summed E-state index contributed by atoms with van der Waals surface area (Å²) in [6, 6.07) is 10.7. The van der Waals surface area contributed by atoms with E-state index in [0.29, 0.717) is 29.7 Å². The van der Waals surface area contributed by atoms with Crippen LogP contribution in [0.25, 0.3) is 0 Å². The number of carbonyl (C=O) groups excluding carboxylic acids is 1. The number of nitrogens with zero attached hydrogens (tertiary/aromatic N) is 3. The maximum Gasteiger partial charge on any atom is 0.240 e. The average molecular weight is 366 g/mol. The van der Waals surface area contributed by atoms with Gasteiger partial charge in [-0.15, -0.1) is 0 Å². The number of aromatic hydroxyl groups is 2. The number of hydrogen-bond donors (Lipinski definition) is 3.